The minimum Gasteiger partial charge on any atom is -0.478 e. The van der Waals surface area contributed by atoms with Crippen molar-refractivity contribution in [2.45, 2.75) is 125 Å². The number of aromatic amines is 1. The van der Waals surface area contributed by atoms with Crippen molar-refractivity contribution in [3.8, 4) is 90.1 Å². The van der Waals surface area contributed by atoms with Crippen LogP contribution in [0.1, 0.15) is 133 Å². The van der Waals surface area contributed by atoms with Crippen molar-refractivity contribution in [2.24, 2.45) is 5.73 Å². The number of alkyl halides is 1. The summed E-state index contributed by atoms with van der Waals surface area (Å²) in [5.41, 5.74) is 27.3. The second kappa shape index (κ2) is 38.7. The molecule has 0 spiro atoms. The second-order valence-electron chi connectivity index (χ2n) is 29.0. The molecule has 0 fully saturated rings. The minimum absolute atomic E-state index is 0.153. The summed E-state index contributed by atoms with van der Waals surface area (Å²) < 4.78 is 23.1. The van der Waals surface area contributed by atoms with Gasteiger partial charge in [-0.1, -0.05) is 60.7 Å². The topological polar surface area (TPSA) is 387 Å². The minimum atomic E-state index is -1.04. The van der Waals surface area contributed by atoms with E-state index in [-0.39, 0.29) is 24.2 Å². The van der Waals surface area contributed by atoms with Crippen molar-refractivity contribution >= 4 is 93.3 Å². The van der Waals surface area contributed by atoms with E-state index in [1.54, 1.807) is 42.5 Å². The van der Waals surface area contributed by atoms with Gasteiger partial charge in [-0.15, -0.1) is 0 Å². The summed E-state index contributed by atoms with van der Waals surface area (Å²) in [5, 5.41) is 47.9. The Morgan fingerprint density at radius 1 is 0.421 bits per heavy atom. The Morgan fingerprint density at radius 2 is 0.736 bits per heavy atom. The summed E-state index contributed by atoms with van der Waals surface area (Å²) in [6.07, 6.45) is 25.1. The van der Waals surface area contributed by atoms with Gasteiger partial charge in [-0.05, 0) is 204 Å². The van der Waals surface area contributed by atoms with Crippen molar-refractivity contribution in [3.63, 3.8) is 0 Å². The van der Waals surface area contributed by atoms with Crippen molar-refractivity contribution in [1.82, 2.24) is 118 Å². The first kappa shape index (κ1) is 85.8. The third-order valence-electron chi connectivity index (χ3n) is 18.1. The molecule has 0 unspecified atom stereocenters. The number of esters is 2. The molecule has 0 aliphatic heterocycles. The molecule has 121 heavy (non-hydrogen) atoms. The number of halogens is 1. The molecule has 0 atom stereocenters. The van der Waals surface area contributed by atoms with Gasteiger partial charge in [0, 0.05) is 132 Å². The van der Waals surface area contributed by atoms with Crippen LogP contribution in [-0.4, -0.2) is 164 Å². The van der Waals surface area contributed by atoms with E-state index in [4.69, 9.17) is 35.6 Å². The molecule has 0 radical (unpaired) electrons. The van der Waals surface area contributed by atoms with Gasteiger partial charge in [0.25, 0.3) is 0 Å². The summed E-state index contributed by atoms with van der Waals surface area (Å²) in [4.78, 5) is 81.8. The monoisotopic (exact) mass is 1740 g/mol. The quantitative estimate of drug-likeness (QED) is 0.0276. The smallest absolute Gasteiger partial charge is 0.331 e. The molecule has 16 heterocycles. The molecule has 0 saturated heterocycles. The zero-order valence-electron chi connectivity index (χ0n) is 69.3. The van der Waals surface area contributed by atoms with Gasteiger partial charge in [-0.3, -0.25) is 43.9 Å². The van der Waals surface area contributed by atoms with Crippen LogP contribution in [0.15, 0.2) is 196 Å². The third-order valence-corrected chi connectivity index (χ3v) is 18.1. The standard InChI is InChI=1S/C24H26N6O2.C21H21N7O.C21H20N6O2.C19H16N6O2.C3H7I/c1-15(2)29-13-19(24(28-29)20-8-6-7-17(5)27-20)18-9-11-22-25-14-26-30(22)21(18)10-12-23(31)32-16(3)4;1-13(2)27-11-16(21(26-27)17-6-4-5-14(3)25-17)15-7-10-20-23-12-24-28(20)18(15)8-9-19(22)29;1-13(2)26-11-16(21(25-26)17-6-4-5-14(3)24-17)15-7-9-19-22-12-23-27(19)18(15)8-10-20(28)29;1-12-4-3-5-15(23-12)19-14(10-21-24-19)13-6-8-17-20-11-22-25(17)16(13)7-9-18(26)27-2;1-3(2)4/h6-16H,1-5H3;4-13H,1-3H3,(H2,22,29);4-13H,1-3H3,(H,28,29);3-11H,1-2H3,(H,21,24);3H,1-2H3/b12-10+;9-8+;10-8+;9-7+;. The van der Waals surface area contributed by atoms with Crippen LogP contribution in [0.5, 0.6) is 0 Å². The molecule has 0 saturated carbocycles. The van der Waals surface area contributed by atoms with Crippen molar-refractivity contribution in [1.29, 1.82) is 0 Å². The predicted octanol–water partition coefficient (Wildman–Crippen LogP) is 15.7. The summed E-state index contributed by atoms with van der Waals surface area (Å²) in [7, 11) is 1.33. The predicted molar refractivity (Wildman–Crippen MR) is 472 cm³/mol. The first-order valence-electron chi connectivity index (χ1n) is 38.7. The summed E-state index contributed by atoms with van der Waals surface area (Å²) in [6, 6.07) is 39.1. The number of aryl methyl sites for hydroxylation is 4. The highest BCUT2D eigenvalue weighted by molar-refractivity contribution is 14.1. The molecule has 0 aromatic carbocycles. The molecular formula is C88H90IN25O7. The first-order chi connectivity index (χ1) is 58.1. The zero-order chi connectivity index (χ0) is 86.3. The van der Waals surface area contributed by atoms with Crippen LogP contribution in [0.4, 0.5) is 0 Å². The molecule has 1 amide bonds. The lowest BCUT2D eigenvalue weighted by molar-refractivity contribution is -0.141. The lowest BCUT2D eigenvalue weighted by atomic mass is 10.0. The van der Waals surface area contributed by atoms with Crippen LogP contribution in [0.3, 0.4) is 0 Å². The fourth-order valence-electron chi connectivity index (χ4n) is 12.6. The van der Waals surface area contributed by atoms with E-state index in [0.29, 0.717) is 45.4 Å². The number of H-pyrrole nitrogens is 1. The fourth-order valence-corrected chi connectivity index (χ4v) is 12.6. The van der Waals surface area contributed by atoms with E-state index in [1.807, 2.05) is 196 Å². The number of carbonyl (C=O) groups excluding carboxylic acids is 3. The van der Waals surface area contributed by atoms with Gasteiger partial charge in [0.1, 0.15) is 42.4 Å². The number of rotatable bonds is 20. The number of methoxy groups -OCH3 is 1. The lowest BCUT2D eigenvalue weighted by Crippen LogP contribution is -2.08. The van der Waals surface area contributed by atoms with Crippen LogP contribution in [0, 0.1) is 27.7 Å². The maximum Gasteiger partial charge on any atom is 0.331 e. The third kappa shape index (κ3) is 20.7. The average Bonchev–Trinajstić information content (AvgIpc) is 1.66. The number of nitrogens with two attached hydrogens (primary N) is 1. The number of nitrogens with one attached hydrogen (secondary N) is 1. The molecule has 4 N–H and O–H groups in total. The number of carbonyl (C=O) groups is 4. The number of hydrogen-bond donors (Lipinski definition) is 3. The van der Waals surface area contributed by atoms with E-state index in [1.165, 1.54) is 56.7 Å². The first-order valence-corrected chi connectivity index (χ1v) is 39.9. The summed E-state index contributed by atoms with van der Waals surface area (Å²) in [5.74, 6) is -2.44. The van der Waals surface area contributed by atoms with Crippen molar-refractivity contribution in [2.75, 3.05) is 7.11 Å². The second-order valence-corrected chi connectivity index (χ2v) is 31.4. The lowest BCUT2D eigenvalue weighted by Gasteiger charge is -2.09. The summed E-state index contributed by atoms with van der Waals surface area (Å²) >= 11 is 2.34. The maximum absolute atomic E-state index is 12.2. The number of primary amides is 1. The molecule has 16 aromatic heterocycles. The number of fused-ring (bicyclic) bond motifs is 4. The molecule has 616 valence electrons. The van der Waals surface area contributed by atoms with Gasteiger partial charge >= 0.3 is 17.9 Å². The van der Waals surface area contributed by atoms with Crippen LogP contribution in [0.2, 0.25) is 0 Å². The largest absolute Gasteiger partial charge is 0.478 e. The zero-order valence-corrected chi connectivity index (χ0v) is 71.5. The highest BCUT2D eigenvalue weighted by atomic mass is 127. The van der Waals surface area contributed by atoms with Crippen LogP contribution in [0.25, 0.3) is 137 Å². The Balaban J connectivity index is 0.000000146. The molecular weight excluding hydrogens is 1650 g/mol. The number of carboxylic acids is 1. The average molecular weight is 1740 g/mol. The summed E-state index contributed by atoms with van der Waals surface area (Å²) in [6.45, 7) is 28.1. The van der Waals surface area contributed by atoms with E-state index in [9.17, 15) is 19.2 Å². The SMILES string of the molecule is CC(C)I.COC(=O)/C=C/c1c(-c2cn[nH]c2-c2cccc(C)n2)ccc2ncnn12.Cc1cccc(-c2nn(C(C)C)cc2-c2ccc3ncnn3c2/C=C/C(=O)O)n1.Cc1cccc(-c2nn(C(C)C)cc2-c2ccc3ncnn3c2/C=C/C(=O)OC(C)C)n1.Cc1cccc(-c2nn(C(C)C)cc2-c2ccc3ncnn3c2/C=C/C(N)=O)n1. The number of nitrogens with zero attached hydrogens (tertiary/aromatic N) is 23. The Labute approximate surface area is 709 Å². The number of amides is 1. The van der Waals surface area contributed by atoms with Crippen molar-refractivity contribution < 1.29 is 33.8 Å². The number of hydrogen-bond acceptors (Lipinski definition) is 22. The number of aliphatic carboxylic acids is 1. The molecule has 0 bridgehead atoms. The number of carboxylic acid groups (broad SMARTS) is 1. The Bertz CT molecular complexity index is 6340. The van der Waals surface area contributed by atoms with Gasteiger partial charge in [0.05, 0.1) is 70.7 Å². The Hall–Kier alpha value is -14.5. The number of ether oxygens (including phenoxy) is 2. The van der Waals surface area contributed by atoms with E-state index >= 15 is 0 Å². The van der Waals surface area contributed by atoms with E-state index in [2.05, 4.69) is 148 Å². The molecule has 0 aliphatic carbocycles. The van der Waals surface area contributed by atoms with Gasteiger partial charge in [0.15, 0.2) is 22.6 Å². The van der Waals surface area contributed by atoms with Crippen molar-refractivity contribution in [3.05, 3.63) is 241 Å². The van der Waals surface area contributed by atoms with Crippen LogP contribution in [-0.2, 0) is 28.7 Å². The molecule has 33 heteroatoms. The van der Waals surface area contributed by atoms with Gasteiger partial charge < -0.3 is 20.3 Å². The van der Waals surface area contributed by atoms with Gasteiger partial charge in [0.2, 0.25) is 5.91 Å². The Kier molecular flexibility index (Phi) is 27.5. The molecule has 0 aliphatic rings. The van der Waals surface area contributed by atoms with Gasteiger partial charge in [-0.25, -0.2) is 52.4 Å². The normalized spacial score (nSPS) is 11.6. The molecule has 32 nitrogen and oxygen atoms in total. The van der Waals surface area contributed by atoms with Crippen LogP contribution >= 0.6 is 22.6 Å². The van der Waals surface area contributed by atoms with E-state index in [0.717, 1.165) is 123 Å². The van der Waals surface area contributed by atoms with E-state index < -0.39 is 23.8 Å². The molecule has 16 aromatic rings. The van der Waals surface area contributed by atoms with Gasteiger partial charge in [-0.2, -0.15) is 40.8 Å². The fraction of sp³-hybridized carbons (Fsp3) is 0.227. The highest BCUT2D eigenvalue weighted by Gasteiger charge is 2.25. The number of aromatic nitrogens is 24. The highest BCUT2D eigenvalue weighted by Crippen LogP contribution is 2.39. The molecule has 16 rings (SSSR count). The maximum atomic E-state index is 12.2. The Morgan fingerprint density at radius 3 is 1.05 bits per heavy atom. The van der Waals surface area contributed by atoms with Crippen LogP contribution < -0.4 is 5.73 Å². The number of pyridine rings is 8.